The summed E-state index contributed by atoms with van der Waals surface area (Å²) in [6.45, 7) is 0. The summed E-state index contributed by atoms with van der Waals surface area (Å²) in [6.07, 6.45) is 1.55. The molecule has 1 aliphatic carbocycles. The van der Waals surface area contributed by atoms with E-state index in [1.54, 1.807) is 0 Å². The molecule has 3 rings (SSSR count). The molecular weight excluding hydrogens is 200 g/mol. The van der Waals surface area contributed by atoms with Gasteiger partial charge in [0, 0.05) is 4.88 Å². The number of fused-ring (bicyclic) bond motifs is 2. The van der Waals surface area contributed by atoms with Gasteiger partial charge in [0.2, 0.25) is 0 Å². The van der Waals surface area contributed by atoms with Crippen LogP contribution in [0, 0.1) is 0 Å². The van der Waals surface area contributed by atoms with Crippen LogP contribution >= 0.6 is 11.3 Å². The maximum absolute atomic E-state index is 11.7. The zero-order valence-electron chi connectivity index (χ0n) is 7.29. The number of urea groups is 1. The summed E-state index contributed by atoms with van der Waals surface area (Å²) in [5, 5.41) is 6.99. The van der Waals surface area contributed by atoms with Crippen molar-refractivity contribution >= 4 is 23.3 Å². The normalized spacial score (nSPS) is 29.1. The quantitative estimate of drug-likeness (QED) is 0.617. The Balaban J connectivity index is 2.16. The molecule has 1 aliphatic heterocycles. The molecule has 1 aromatic heterocycles. The third-order valence-electron chi connectivity index (χ3n) is 2.85. The van der Waals surface area contributed by atoms with Gasteiger partial charge in [0.05, 0.1) is 0 Å². The standard InChI is InChI=1S/C9H8N2O2S/c12-7-9(11-8(13)10-7)3-1-5-2-4-14-6(5)9/h2,4H,1,3H2,(H2,10,11,12,13)/t9-/m1/s1. The Morgan fingerprint density at radius 1 is 1.43 bits per heavy atom. The van der Waals surface area contributed by atoms with Crippen molar-refractivity contribution < 1.29 is 9.59 Å². The highest BCUT2D eigenvalue weighted by atomic mass is 32.1. The van der Waals surface area contributed by atoms with Gasteiger partial charge in [-0.2, -0.15) is 0 Å². The minimum Gasteiger partial charge on any atom is -0.319 e. The molecule has 0 saturated carbocycles. The van der Waals surface area contributed by atoms with Crippen LogP contribution in [0.3, 0.4) is 0 Å². The first-order chi connectivity index (χ1) is 6.72. The largest absolute Gasteiger partial charge is 0.322 e. The zero-order chi connectivity index (χ0) is 9.76. The van der Waals surface area contributed by atoms with E-state index in [2.05, 4.69) is 10.6 Å². The Morgan fingerprint density at radius 2 is 2.29 bits per heavy atom. The third kappa shape index (κ3) is 0.778. The molecule has 0 bridgehead atoms. The lowest BCUT2D eigenvalue weighted by atomic mass is 9.99. The van der Waals surface area contributed by atoms with Gasteiger partial charge >= 0.3 is 6.03 Å². The number of carbonyl (C=O) groups is 2. The molecule has 1 atom stereocenters. The predicted octanol–water partition coefficient (Wildman–Crippen LogP) is 0.729. The van der Waals surface area contributed by atoms with Gasteiger partial charge in [0.25, 0.3) is 5.91 Å². The number of hydrogen-bond donors (Lipinski definition) is 2. The van der Waals surface area contributed by atoms with Crippen molar-refractivity contribution in [3.8, 4) is 0 Å². The highest BCUT2D eigenvalue weighted by Crippen LogP contribution is 2.42. The number of carbonyl (C=O) groups excluding carboxylic acids is 2. The molecule has 1 spiro atoms. The summed E-state index contributed by atoms with van der Waals surface area (Å²) < 4.78 is 0. The lowest BCUT2D eigenvalue weighted by Crippen LogP contribution is -2.40. The van der Waals surface area contributed by atoms with Crippen LogP contribution < -0.4 is 10.6 Å². The second kappa shape index (κ2) is 2.36. The van der Waals surface area contributed by atoms with E-state index in [1.807, 2.05) is 11.4 Å². The number of nitrogens with one attached hydrogen (secondary N) is 2. The second-order valence-electron chi connectivity index (χ2n) is 3.59. The van der Waals surface area contributed by atoms with E-state index in [0.717, 1.165) is 11.3 Å². The molecular formula is C9H8N2O2S. The van der Waals surface area contributed by atoms with Crippen LogP contribution in [-0.4, -0.2) is 11.9 Å². The molecule has 1 fully saturated rings. The fourth-order valence-corrected chi connectivity index (χ4v) is 3.31. The average Bonchev–Trinajstić information content (AvgIpc) is 2.73. The SMILES string of the molecule is O=C1NC(=O)[C@]2(CCc3ccsc32)N1. The summed E-state index contributed by atoms with van der Waals surface area (Å²) in [4.78, 5) is 23.8. The van der Waals surface area contributed by atoms with E-state index in [-0.39, 0.29) is 11.9 Å². The first-order valence-corrected chi connectivity index (χ1v) is 5.31. The van der Waals surface area contributed by atoms with Crippen LogP contribution in [0.15, 0.2) is 11.4 Å². The molecule has 5 heteroatoms. The fourth-order valence-electron chi connectivity index (χ4n) is 2.17. The highest BCUT2D eigenvalue weighted by Gasteiger charge is 2.52. The molecule has 14 heavy (non-hydrogen) atoms. The van der Waals surface area contributed by atoms with Crippen LogP contribution in [0.2, 0.25) is 0 Å². The first kappa shape index (κ1) is 7.99. The maximum Gasteiger partial charge on any atom is 0.322 e. The van der Waals surface area contributed by atoms with Crippen molar-refractivity contribution in [2.75, 3.05) is 0 Å². The summed E-state index contributed by atoms with van der Waals surface area (Å²) in [5.74, 6) is -0.205. The van der Waals surface area contributed by atoms with Gasteiger partial charge in [-0.25, -0.2) is 4.79 Å². The molecule has 1 aromatic rings. The van der Waals surface area contributed by atoms with Crippen LogP contribution in [-0.2, 0) is 16.8 Å². The van der Waals surface area contributed by atoms with E-state index < -0.39 is 5.54 Å². The van der Waals surface area contributed by atoms with Gasteiger partial charge in [-0.1, -0.05) is 0 Å². The van der Waals surface area contributed by atoms with Gasteiger partial charge in [0.1, 0.15) is 0 Å². The molecule has 2 heterocycles. The van der Waals surface area contributed by atoms with E-state index in [9.17, 15) is 9.59 Å². The van der Waals surface area contributed by atoms with Crippen molar-refractivity contribution in [2.45, 2.75) is 18.4 Å². The van der Waals surface area contributed by atoms with Gasteiger partial charge in [-0.3, -0.25) is 10.1 Å². The number of thiophene rings is 1. The van der Waals surface area contributed by atoms with Gasteiger partial charge in [-0.15, -0.1) is 11.3 Å². The van der Waals surface area contributed by atoms with E-state index in [4.69, 9.17) is 0 Å². The van der Waals surface area contributed by atoms with E-state index in [1.165, 1.54) is 16.9 Å². The van der Waals surface area contributed by atoms with Crippen molar-refractivity contribution in [3.05, 3.63) is 21.9 Å². The predicted molar refractivity (Wildman–Crippen MR) is 51.0 cm³/mol. The summed E-state index contributed by atoms with van der Waals surface area (Å²) in [6, 6.07) is 1.64. The van der Waals surface area contributed by atoms with Crippen LogP contribution in [0.25, 0.3) is 0 Å². The Labute approximate surface area is 84.3 Å². The fraction of sp³-hybridized carbons (Fsp3) is 0.333. The van der Waals surface area contributed by atoms with Crippen molar-refractivity contribution in [1.82, 2.24) is 10.6 Å². The first-order valence-electron chi connectivity index (χ1n) is 4.43. The van der Waals surface area contributed by atoms with Crippen LogP contribution in [0.1, 0.15) is 16.9 Å². The van der Waals surface area contributed by atoms with E-state index in [0.29, 0.717) is 6.42 Å². The molecule has 0 aromatic carbocycles. The Morgan fingerprint density at radius 3 is 3.00 bits per heavy atom. The summed E-state index contributed by atoms with van der Waals surface area (Å²) >= 11 is 1.54. The van der Waals surface area contributed by atoms with Crippen LogP contribution in [0.5, 0.6) is 0 Å². The molecule has 2 aliphatic rings. The van der Waals surface area contributed by atoms with Crippen molar-refractivity contribution in [1.29, 1.82) is 0 Å². The zero-order valence-corrected chi connectivity index (χ0v) is 8.11. The topological polar surface area (TPSA) is 58.2 Å². The molecule has 1 saturated heterocycles. The second-order valence-corrected chi connectivity index (χ2v) is 4.50. The number of amides is 3. The maximum atomic E-state index is 11.7. The number of imide groups is 1. The minimum absolute atomic E-state index is 0.205. The van der Waals surface area contributed by atoms with Crippen molar-refractivity contribution in [2.24, 2.45) is 0 Å². The molecule has 4 nitrogen and oxygen atoms in total. The molecule has 72 valence electrons. The van der Waals surface area contributed by atoms with Gasteiger partial charge < -0.3 is 5.32 Å². The Kier molecular flexibility index (Phi) is 1.35. The number of rotatable bonds is 0. The minimum atomic E-state index is -0.749. The summed E-state index contributed by atoms with van der Waals surface area (Å²) in [5.41, 5.74) is 0.438. The molecule has 2 N–H and O–H groups in total. The lowest BCUT2D eigenvalue weighted by Gasteiger charge is -2.18. The molecule has 3 amide bonds. The van der Waals surface area contributed by atoms with Crippen LogP contribution in [0.4, 0.5) is 4.79 Å². The van der Waals surface area contributed by atoms with Gasteiger partial charge in [-0.05, 0) is 29.9 Å². The lowest BCUT2D eigenvalue weighted by molar-refractivity contribution is -0.124. The Hall–Kier alpha value is -1.36. The van der Waals surface area contributed by atoms with Gasteiger partial charge in [0.15, 0.2) is 5.54 Å². The molecule has 0 radical (unpaired) electrons. The third-order valence-corrected chi connectivity index (χ3v) is 3.96. The Bertz CT molecular complexity index is 440. The number of aryl methyl sites for hydroxylation is 1. The summed E-state index contributed by atoms with van der Waals surface area (Å²) in [7, 11) is 0. The monoisotopic (exact) mass is 208 g/mol. The number of hydrogen-bond acceptors (Lipinski definition) is 3. The average molecular weight is 208 g/mol. The smallest absolute Gasteiger partial charge is 0.319 e. The highest BCUT2D eigenvalue weighted by molar-refractivity contribution is 7.10. The van der Waals surface area contributed by atoms with E-state index >= 15 is 0 Å². The molecule has 0 unspecified atom stereocenters. The van der Waals surface area contributed by atoms with Crippen molar-refractivity contribution in [3.63, 3.8) is 0 Å².